The Balaban J connectivity index is 1.53. The first-order chi connectivity index (χ1) is 12.7. The number of aryl methyl sites for hydroxylation is 1. The van der Waals surface area contributed by atoms with E-state index in [1.165, 1.54) is 5.56 Å². The lowest BCUT2D eigenvalue weighted by molar-refractivity contribution is 0.0238. The zero-order valence-corrected chi connectivity index (χ0v) is 14.8. The van der Waals surface area contributed by atoms with Crippen molar-refractivity contribution in [2.45, 2.75) is 44.2 Å². The van der Waals surface area contributed by atoms with Crippen molar-refractivity contribution in [2.75, 3.05) is 11.9 Å². The van der Waals surface area contributed by atoms with Crippen molar-refractivity contribution in [1.29, 1.82) is 0 Å². The minimum Gasteiger partial charge on any atom is -0.393 e. The highest BCUT2D eigenvalue weighted by molar-refractivity contribution is 6.00. The van der Waals surface area contributed by atoms with Gasteiger partial charge in [0.25, 0.3) is 5.91 Å². The van der Waals surface area contributed by atoms with E-state index in [9.17, 15) is 9.90 Å². The molecule has 2 heterocycles. The van der Waals surface area contributed by atoms with Crippen LogP contribution in [0.5, 0.6) is 0 Å². The van der Waals surface area contributed by atoms with Crippen molar-refractivity contribution in [3.05, 3.63) is 59.4 Å². The van der Waals surface area contributed by atoms with Gasteiger partial charge in [-0.15, -0.1) is 0 Å². The number of fused-ring (bicyclic) bond motifs is 1. The summed E-state index contributed by atoms with van der Waals surface area (Å²) in [5, 5.41) is 16.3. The van der Waals surface area contributed by atoms with Crippen LogP contribution in [-0.4, -0.2) is 34.7 Å². The molecule has 1 unspecified atom stereocenters. The van der Waals surface area contributed by atoms with Crippen LogP contribution in [0.25, 0.3) is 0 Å². The van der Waals surface area contributed by atoms with Gasteiger partial charge in [0.15, 0.2) is 0 Å². The highest BCUT2D eigenvalue weighted by Crippen LogP contribution is 2.32. The van der Waals surface area contributed by atoms with Gasteiger partial charge in [0.1, 0.15) is 0 Å². The fraction of sp³-hybridized carbons (Fsp3) is 0.429. The Bertz CT molecular complexity index is 772. The Hall–Kier alpha value is -2.40. The van der Waals surface area contributed by atoms with Gasteiger partial charge in [-0.3, -0.25) is 9.78 Å². The van der Waals surface area contributed by atoms with E-state index < -0.39 is 0 Å². The highest BCUT2D eigenvalue weighted by atomic mass is 16.3. The van der Waals surface area contributed by atoms with Crippen LogP contribution in [0.15, 0.2) is 42.6 Å². The van der Waals surface area contributed by atoms with Crippen LogP contribution in [0.4, 0.5) is 5.69 Å². The molecule has 0 saturated heterocycles. The monoisotopic (exact) mass is 351 g/mol. The Morgan fingerprint density at radius 3 is 2.92 bits per heavy atom. The lowest BCUT2D eigenvalue weighted by atomic mass is 9.75. The van der Waals surface area contributed by atoms with Crippen molar-refractivity contribution in [3.8, 4) is 0 Å². The van der Waals surface area contributed by atoms with E-state index in [2.05, 4.69) is 21.7 Å². The van der Waals surface area contributed by atoms with Gasteiger partial charge in [0.2, 0.25) is 0 Å². The molecule has 4 rings (SSSR count). The molecule has 2 aromatic rings. The smallest absolute Gasteiger partial charge is 0.253 e. The number of carbonyl (C=O) groups is 1. The number of benzene rings is 1. The van der Waals surface area contributed by atoms with Gasteiger partial charge in [-0.05, 0) is 55.4 Å². The molecule has 1 aliphatic carbocycles. The van der Waals surface area contributed by atoms with Crippen molar-refractivity contribution in [1.82, 2.24) is 10.3 Å². The summed E-state index contributed by atoms with van der Waals surface area (Å²) in [6, 6.07) is 11.8. The molecule has 5 heteroatoms. The molecule has 0 bridgehead atoms. The van der Waals surface area contributed by atoms with E-state index >= 15 is 0 Å². The first-order valence-electron chi connectivity index (χ1n) is 9.45. The SMILES string of the molecule is O=C(NC(Cc1ccccn1)C1CC(O)C1)c1cccc2c1NCCC2. The normalized spacial score (nSPS) is 22.5. The average molecular weight is 351 g/mol. The zero-order valence-electron chi connectivity index (χ0n) is 14.8. The Kier molecular flexibility index (Phi) is 4.89. The van der Waals surface area contributed by atoms with Gasteiger partial charge in [-0.25, -0.2) is 0 Å². The molecule has 2 aliphatic rings. The van der Waals surface area contributed by atoms with Gasteiger partial charge in [-0.2, -0.15) is 0 Å². The van der Waals surface area contributed by atoms with Gasteiger partial charge in [-0.1, -0.05) is 18.2 Å². The van der Waals surface area contributed by atoms with E-state index in [-0.39, 0.29) is 18.1 Å². The van der Waals surface area contributed by atoms with Crippen molar-refractivity contribution < 1.29 is 9.90 Å². The Morgan fingerprint density at radius 2 is 2.15 bits per heavy atom. The molecule has 0 spiro atoms. The fourth-order valence-electron chi connectivity index (χ4n) is 3.98. The van der Waals surface area contributed by atoms with Gasteiger partial charge in [0.05, 0.1) is 17.4 Å². The largest absolute Gasteiger partial charge is 0.393 e. The zero-order chi connectivity index (χ0) is 17.9. The molecular formula is C21H25N3O2. The molecular weight excluding hydrogens is 326 g/mol. The van der Waals surface area contributed by atoms with Crippen LogP contribution >= 0.6 is 0 Å². The molecule has 136 valence electrons. The summed E-state index contributed by atoms with van der Waals surface area (Å²) in [6.45, 7) is 0.906. The standard InChI is InChI=1S/C21H25N3O2/c25-17-11-15(12-17)19(13-16-7-1-2-9-22-16)24-21(26)18-8-3-5-14-6-4-10-23-20(14)18/h1-3,5,7-9,15,17,19,23,25H,4,6,10-13H2,(H,24,26). The van der Waals surface area contributed by atoms with Crippen LogP contribution in [-0.2, 0) is 12.8 Å². The predicted octanol–water partition coefficient (Wildman–Crippen LogP) is 2.55. The number of carbonyl (C=O) groups excluding carboxylic acids is 1. The van der Waals surface area contributed by atoms with E-state index in [1.807, 2.05) is 30.3 Å². The van der Waals surface area contributed by atoms with Gasteiger partial charge < -0.3 is 15.7 Å². The second kappa shape index (κ2) is 7.46. The number of nitrogens with one attached hydrogen (secondary N) is 2. The summed E-state index contributed by atoms with van der Waals surface area (Å²) in [5.41, 5.74) is 3.87. The number of hydrogen-bond donors (Lipinski definition) is 3. The van der Waals surface area contributed by atoms with E-state index in [0.717, 1.165) is 43.6 Å². The fourth-order valence-corrected chi connectivity index (χ4v) is 3.98. The lowest BCUT2D eigenvalue weighted by Gasteiger charge is -2.38. The average Bonchev–Trinajstić information content (AvgIpc) is 2.65. The molecule has 5 nitrogen and oxygen atoms in total. The van der Waals surface area contributed by atoms with Crippen LogP contribution in [0.1, 0.15) is 40.9 Å². The molecule has 1 amide bonds. The lowest BCUT2D eigenvalue weighted by Crippen LogP contribution is -2.48. The minimum absolute atomic E-state index is 0.0137. The van der Waals surface area contributed by atoms with Crippen LogP contribution in [0.3, 0.4) is 0 Å². The summed E-state index contributed by atoms with van der Waals surface area (Å²) in [6.07, 6.45) is 5.81. The minimum atomic E-state index is -0.241. The molecule has 1 saturated carbocycles. The number of anilines is 1. The highest BCUT2D eigenvalue weighted by Gasteiger charge is 2.35. The summed E-state index contributed by atoms with van der Waals surface area (Å²) in [5.74, 6) is 0.252. The maximum atomic E-state index is 13.0. The molecule has 1 aromatic heterocycles. The summed E-state index contributed by atoms with van der Waals surface area (Å²) < 4.78 is 0. The van der Waals surface area contributed by atoms with Gasteiger partial charge >= 0.3 is 0 Å². The molecule has 26 heavy (non-hydrogen) atoms. The van der Waals surface area contributed by atoms with Crippen molar-refractivity contribution >= 4 is 11.6 Å². The second-order valence-electron chi connectivity index (χ2n) is 7.36. The third kappa shape index (κ3) is 3.58. The molecule has 0 radical (unpaired) electrons. The summed E-state index contributed by atoms with van der Waals surface area (Å²) in [4.78, 5) is 17.4. The van der Waals surface area contributed by atoms with Gasteiger partial charge in [0, 0.05) is 30.9 Å². The number of amides is 1. The number of pyridine rings is 1. The van der Waals surface area contributed by atoms with E-state index in [4.69, 9.17) is 0 Å². The van der Waals surface area contributed by atoms with Crippen LogP contribution < -0.4 is 10.6 Å². The number of nitrogens with zero attached hydrogens (tertiary/aromatic N) is 1. The van der Waals surface area contributed by atoms with Crippen molar-refractivity contribution in [3.63, 3.8) is 0 Å². The first kappa shape index (κ1) is 17.0. The number of rotatable bonds is 5. The van der Waals surface area contributed by atoms with Crippen molar-refractivity contribution in [2.24, 2.45) is 5.92 Å². The number of aliphatic hydroxyl groups excluding tert-OH is 1. The third-order valence-electron chi connectivity index (χ3n) is 5.51. The molecule has 1 aliphatic heterocycles. The summed E-state index contributed by atoms with van der Waals surface area (Å²) in [7, 11) is 0. The number of aliphatic hydroxyl groups is 1. The van der Waals surface area contributed by atoms with E-state index in [0.29, 0.717) is 17.9 Å². The van der Waals surface area contributed by atoms with E-state index in [1.54, 1.807) is 6.20 Å². The number of para-hydroxylation sites is 1. The summed E-state index contributed by atoms with van der Waals surface area (Å²) >= 11 is 0. The maximum absolute atomic E-state index is 13.0. The first-order valence-corrected chi connectivity index (χ1v) is 9.45. The number of hydrogen-bond acceptors (Lipinski definition) is 4. The quantitative estimate of drug-likeness (QED) is 0.774. The van der Waals surface area contributed by atoms with Crippen LogP contribution in [0.2, 0.25) is 0 Å². The molecule has 1 fully saturated rings. The van der Waals surface area contributed by atoms with Crippen LogP contribution in [0, 0.1) is 5.92 Å². The Labute approximate surface area is 153 Å². The topological polar surface area (TPSA) is 74.2 Å². The molecule has 3 N–H and O–H groups in total. The predicted molar refractivity (Wildman–Crippen MR) is 101 cm³/mol. The molecule has 1 aromatic carbocycles. The maximum Gasteiger partial charge on any atom is 0.253 e. The number of aromatic nitrogens is 1. The Morgan fingerprint density at radius 1 is 1.27 bits per heavy atom. The second-order valence-corrected chi connectivity index (χ2v) is 7.36. The third-order valence-corrected chi connectivity index (χ3v) is 5.51. The molecule has 1 atom stereocenters.